The number of oxazole rings is 1. The van der Waals surface area contributed by atoms with Gasteiger partial charge in [-0.2, -0.15) is 5.10 Å². The summed E-state index contributed by atoms with van der Waals surface area (Å²) in [6, 6.07) is 14.9. The minimum atomic E-state index is -0.362. The fraction of sp³-hybridized carbons (Fsp3) is 0.231. The summed E-state index contributed by atoms with van der Waals surface area (Å²) in [7, 11) is 1.61. The summed E-state index contributed by atoms with van der Waals surface area (Å²) in [5.74, 6) is 3.09. The van der Waals surface area contributed by atoms with Crippen molar-refractivity contribution in [3.8, 4) is 34.2 Å². The summed E-state index contributed by atoms with van der Waals surface area (Å²) in [5, 5.41) is 9.27. The molecule has 0 aliphatic heterocycles. The van der Waals surface area contributed by atoms with Gasteiger partial charge in [0.15, 0.2) is 5.52 Å². The monoisotopic (exact) mass is 472 g/mol. The number of nitrogens with zero attached hydrogens (tertiary/aromatic N) is 4. The van der Waals surface area contributed by atoms with Crippen LogP contribution in [0.1, 0.15) is 24.1 Å². The molecule has 0 saturated carbocycles. The zero-order valence-electron chi connectivity index (χ0n) is 19.9. The Balaban J connectivity index is 1.54. The molecule has 2 aromatic carbocycles. The highest BCUT2D eigenvalue weighted by Gasteiger charge is 2.21. The molecule has 5 rings (SSSR count). The van der Waals surface area contributed by atoms with Crippen molar-refractivity contribution in [3.63, 3.8) is 0 Å². The molecule has 9 nitrogen and oxygen atoms in total. The van der Waals surface area contributed by atoms with Crippen molar-refractivity contribution in [2.24, 2.45) is 0 Å². The van der Waals surface area contributed by atoms with E-state index in [0.717, 1.165) is 22.6 Å². The standard InChI is InChI=1S/C26H24N4O5/c1-5-33-20-12-8-18(9-13-20)25-27-21(15(2)34-25)14-30-26(31)24-22(16(3)35-29-24)23(28-30)17-6-10-19(32-4)11-7-17/h6-13H,5,14H2,1-4H3. The molecule has 0 unspecified atom stereocenters. The molecule has 3 aromatic heterocycles. The van der Waals surface area contributed by atoms with Gasteiger partial charge in [0, 0.05) is 11.1 Å². The fourth-order valence-electron chi connectivity index (χ4n) is 3.89. The van der Waals surface area contributed by atoms with Crippen molar-refractivity contribution in [1.29, 1.82) is 0 Å². The number of rotatable bonds is 7. The average Bonchev–Trinajstić information content (AvgIpc) is 3.44. The second-order valence-corrected chi connectivity index (χ2v) is 7.98. The zero-order valence-corrected chi connectivity index (χ0v) is 19.9. The summed E-state index contributed by atoms with van der Waals surface area (Å²) in [6.07, 6.45) is 0. The molecule has 0 atom stereocenters. The SMILES string of the molecule is CCOc1ccc(-c2nc(Cn3nc(-c4ccc(OC)cc4)c4c(C)onc4c3=O)c(C)o2)cc1. The maximum absolute atomic E-state index is 13.2. The summed E-state index contributed by atoms with van der Waals surface area (Å²) < 4.78 is 23.4. The van der Waals surface area contributed by atoms with Gasteiger partial charge in [0.25, 0.3) is 5.56 Å². The quantitative estimate of drug-likeness (QED) is 0.333. The van der Waals surface area contributed by atoms with Gasteiger partial charge in [-0.15, -0.1) is 0 Å². The molecule has 0 fully saturated rings. The van der Waals surface area contributed by atoms with Crippen molar-refractivity contribution < 1.29 is 18.4 Å². The number of aromatic nitrogens is 4. The molecule has 35 heavy (non-hydrogen) atoms. The Labute approximate surface area is 200 Å². The van der Waals surface area contributed by atoms with Crippen LogP contribution in [0.5, 0.6) is 11.5 Å². The number of aryl methyl sites for hydroxylation is 2. The van der Waals surface area contributed by atoms with Crippen LogP contribution in [0, 0.1) is 13.8 Å². The highest BCUT2D eigenvalue weighted by Crippen LogP contribution is 2.29. The lowest BCUT2D eigenvalue weighted by atomic mass is 10.1. The van der Waals surface area contributed by atoms with Gasteiger partial charge < -0.3 is 18.4 Å². The van der Waals surface area contributed by atoms with Gasteiger partial charge in [0.1, 0.15) is 34.4 Å². The Kier molecular flexibility index (Phi) is 5.82. The molecule has 0 radical (unpaired) electrons. The van der Waals surface area contributed by atoms with Crippen LogP contribution >= 0.6 is 0 Å². The van der Waals surface area contributed by atoms with E-state index in [-0.39, 0.29) is 17.6 Å². The molecule has 9 heteroatoms. The van der Waals surface area contributed by atoms with Crippen LogP contribution in [0.25, 0.3) is 33.6 Å². The minimum Gasteiger partial charge on any atom is -0.497 e. The fourth-order valence-corrected chi connectivity index (χ4v) is 3.89. The molecule has 0 bridgehead atoms. The topological polar surface area (TPSA) is 105 Å². The lowest BCUT2D eigenvalue weighted by molar-refractivity contribution is 0.340. The molecule has 0 spiro atoms. The van der Waals surface area contributed by atoms with Gasteiger partial charge in [0.05, 0.1) is 25.6 Å². The number of hydrogen-bond donors (Lipinski definition) is 0. The Morgan fingerprint density at radius 3 is 2.31 bits per heavy atom. The molecule has 0 aliphatic carbocycles. The van der Waals surface area contributed by atoms with Gasteiger partial charge >= 0.3 is 0 Å². The van der Waals surface area contributed by atoms with Gasteiger partial charge in [-0.05, 0) is 69.3 Å². The maximum atomic E-state index is 13.2. The average molecular weight is 473 g/mol. The van der Waals surface area contributed by atoms with E-state index in [0.29, 0.717) is 40.8 Å². The molecule has 3 heterocycles. The number of fused-ring (bicyclic) bond motifs is 1. The number of methoxy groups -OCH3 is 1. The first-order valence-corrected chi connectivity index (χ1v) is 11.2. The molecule has 5 aromatic rings. The van der Waals surface area contributed by atoms with Crippen LogP contribution in [-0.2, 0) is 6.54 Å². The van der Waals surface area contributed by atoms with Crippen molar-refractivity contribution >= 4 is 10.9 Å². The van der Waals surface area contributed by atoms with Crippen molar-refractivity contribution in [2.45, 2.75) is 27.3 Å². The van der Waals surface area contributed by atoms with Gasteiger partial charge in [-0.25, -0.2) is 9.67 Å². The molecule has 0 amide bonds. The Bertz CT molecular complexity index is 1550. The molecular weight excluding hydrogens is 448 g/mol. The van der Waals surface area contributed by atoms with Crippen molar-refractivity contribution in [3.05, 3.63) is 76.1 Å². The van der Waals surface area contributed by atoms with E-state index in [1.165, 1.54) is 4.68 Å². The van der Waals surface area contributed by atoms with Crippen LogP contribution in [0.2, 0.25) is 0 Å². The van der Waals surface area contributed by atoms with Gasteiger partial charge in [0.2, 0.25) is 5.89 Å². The lowest BCUT2D eigenvalue weighted by Gasteiger charge is -2.08. The van der Waals surface area contributed by atoms with Gasteiger partial charge in [-0.3, -0.25) is 4.79 Å². The molecule has 0 N–H and O–H groups in total. The maximum Gasteiger partial charge on any atom is 0.297 e. The highest BCUT2D eigenvalue weighted by molar-refractivity contribution is 5.93. The second kappa shape index (κ2) is 9.09. The smallest absolute Gasteiger partial charge is 0.297 e. The normalized spacial score (nSPS) is 11.2. The number of hydrogen-bond acceptors (Lipinski definition) is 8. The molecule has 0 aliphatic rings. The highest BCUT2D eigenvalue weighted by atomic mass is 16.5. The van der Waals surface area contributed by atoms with E-state index in [4.69, 9.17) is 18.4 Å². The predicted molar refractivity (Wildman–Crippen MR) is 130 cm³/mol. The first-order chi connectivity index (χ1) is 17.0. The van der Waals surface area contributed by atoms with E-state index < -0.39 is 0 Å². The number of ether oxygens (including phenoxy) is 2. The van der Waals surface area contributed by atoms with Crippen LogP contribution in [0.15, 0.2) is 62.3 Å². The Hall–Kier alpha value is -4.40. The predicted octanol–water partition coefficient (Wildman–Crippen LogP) is 4.78. The van der Waals surface area contributed by atoms with Crippen LogP contribution in [0.4, 0.5) is 0 Å². The third-order valence-corrected chi connectivity index (χ3v) is 5.73. The van der Waals surface area contributed by atoms with Crippen LogP contribution < -0.4 is 15.0 Å². The van der Waals surface area contributed by atoms with Crippen LogP contribution in [-0.4, -0.2) is 33.6 Å². The van der Waals surface area contributed by atoms with Crippen molar-refractivity contribution in [1.82, 2.24) is 19.9 Å². The lowest BCUT2D eigenvalue weighted by Crippen LogP contribution is -2.25. The molecule has 178 valence electrons. The van der Waals surface area contributed by atoms with Crippen LogP contribution in [0.3, 0.4) is 0 Å². The van der Waals surface area contributed by atoms with E-state index in [1.54, 1.807) is 14.0 Å². The third kappa shape index (κ3) is 4.16. The first kappa shape index (κ1) is 22.4. The number of benzene rings is 2. The third-order valence-electron chi connectivity index (χ3n) is 5.73. The zero-order chi connectivity index (χ0) is 24.5. The summed E-state index contributed by atoms with van der Waals surface area (Å²) in [5.41, 5.74) is 2.67. The minimum absolute atomic E-state index is 0.121. The molecular formula is C26H24N4O5. The van der Waals surface area contributed by atoms with E-state index >= 15 is 0 Å². The summed E-state index contributed by atoms with van der Waals surface area (Å²) in [4.78, 5) is 17.8. The second-order valence-electron chi connectivity index (χ2n) is 7.98. The largest absolute Gasteiger partial charge is 0.497 e. The molecule has 0 saturated heterocycles. The summed E-state index contributed by atoms with van der Waals surface area (Å²) in [6.45, 7) is 6.23. The Morgan fingerprint density at radius 2 is 1.63 bits per heavy atom. The van der Waals surface area contributed by atoms with E-state index in [2.05, 4.69) is 15.2 Å². The first-order valence-electron chi connectivity index (χ1n) is 11.2. The van der Waals surface area contributed by atoms with E-state index in [1.807, 2.05) is 62.4 Å². The Morgan fingerprint density at radius 1 is 0.943 bits per heavy atom. The summed E-state index contributed by atoms with van der Waals surface area (Å²) >= 11 is 0. The van der Waals surface area contributed by atoms with Crippen molar-refractivity contribution in [2.75, 3.05) is 13.7 Å². The van der Waals surface area contributed by atoms with Gasteiger partial charge in [-0.1, -0.05) is 5.16 Å². The van der Waals surface area contributed by atoms with E-state index in [9.17, 15) is 4.79 Å².